The number of rotatable bonds is 5. The standard InChI is InChI=1S/C13H17N5O/c1-3-14-13(19)10-5-4-6-11(7-10)15-8-12-9-18(2)17-16-12/h4-7,9,15H,3,8H2,1-2H3,(H,14,19). The molecule has 2 N–H and O–H groups in total. The van der Waals surface area contributed by atoms with Crippen LogP contribution in [0.25, 0.3) is 0 Å². The van der Waals surface area contributed by atoms with Crippen LogP contribution in [-0.4, -0.2) is 27.4 Å². The van der Waals surface area contributed by atoms with Gasteiger partial charge >= 0.3 is 0 Å². The number of hydrogen-bond donors (Lipinski definition) is 2. The summed E-state index contributed by atoms with van der Waals surface area (Å²) in [6.45, 7) is 3.09. The summed E-state index contributed by atoms with van der Waals surface area (Å²) in [7, 11) is 1.83. The van der Waals surface area contributed by atoms with Crippen molar-refractivity contribution in [2.24, 2.45) is 7.05 Å². The molecule has 0 aliphatic heterocycles. The molecule has 0 atom stereocenters. The molecule has 0 saturated carbocycles. The summed E-state index contributed by atoms with van der Waals surface area (Å²) in [5.41, 5.74) is 2.38. The Bertz CT molecular complexity index is 564. The predicted octanol–water partition coefficient (Wildman–Crippen LogP) is 1.18. The normalized spacial score (nSPS) is 10.2. The van der Waals surface area contributed by atoms with E-state index in [0.29, 0.717) is 18.7 Å². The van der Waals surface area contributed by atoms with Crippen molar-refractivity contribution in [1.29, 1.82) is 0 Å². The topological polar surface area (TPSA) is 71.8 Å². The molecule has 0 spiro atoms. The van der Waals surface area contributed by atoms with Crippen LogP contribution in [0.4, 0.5) is 5.69 Å². The fourth-order valence-corrected chi connectivity index (χ4v) is 1.70. The van der Waals surface area contributed by atoms with Gasteiger partial charge in [0.25, 0.3) is 5.91 Å². The van der Waals surface area contributed by atoms with Crippen LogP contribution in [0.1, 0.15) is 23.0 Å². The maximum Gasteiger partial charge on any atom is 0.251 e. The van der Waals surface area contributed by atoms with E-state index in [1.165, 1.54) is 0 Å². The smallest absolute Gasteiger partial charge is 0.251 e. The minimum absolute atomic E-state index is 0.0642. The number of benzene rings is 1. The Hall–Kier alpha value is -2.37. The minimum Gasteiger partial charge on any atom is -0.379 e. The van der Waals surface area contributed by atoms with E-state index < -0.39 is 0 Å². The van der Waals surface area contributed by atoms with Gasteiger partial charge < -0.3 is 10.6 Å². The summed E-state index contributed by atoms with van der Waals surface area (Å²) in [4.78, 5) is 11.7. The number of nitrogens with zero attached hydrogens (tertiary/aromatic N) is 3. The summed E-state index contributed by atoms with van der Waals surface area (Å²) in [6.07, 6.45) is 1.85. The van der Waals surface area contributed by atoms with Crippen LogP contribution in [0, 0.1) is 0 Å². The molecule has 0 fully saturated rings. The second-order valence-corrected chi connectivity index (χ2v) is 4.18. The van der Waals surface area contributed by atoms with Gasteiger partial charge in [-0.25, -0.2) is 0 Å². The fraction of sp³-hybridized carbons (Fsp3) is 0.308. The molecule has 0 unspecified atom stereocenters. The lowest BCUT2D eigenvalue weighted by atomic mass is 10.2. The van der Waals surface area contributed by atoms with Gasteiger partial charge in [0, 0.05) is 31.0 Å². The number of carbonyl (C=O) groups excluding carboxylic acids is 1. The van der Waals surface area contributed by atoms with Crippen LogP contribution in [-0.2, 0) is 13.6 Å². The molecule has 0 bridgehead atoms. The van der Waals surface area contributed by atoms with Crippen LogP contribution in [0.5, 0.6) is 0 Å². The average Bonchev–Trinajstić information content (AvgIpc) is 2.83. The van der Waals surface area contributed by atoms with Gasteiger partial charge in [-0.3, -0.25) is 9.48 Å². The molecule has 1 aromatic carbocycles. The van der Waals surface area contributed by atoms with Crippen molar-refractivity contribution < 1.29 is 4.79 Å². The van der Waals surface area contributed by atoms with Gasteiger partial charge in [0.2, 0.25) is 0 Å². The second-order valence-electron chi connectivity index (χ2n) is 4.18. The highest BCUT2D eigenvalue weighted by Crippen LogP contribution is 2.11. The van der Waals surface area contributed by atoms with E-state index in [-0.39, 0.29) is 5.91 Å². The summed E-state index contributed by atoms with van der Waals surface area (Å²) >= 11 is 0. The highest BCUT2D eigenvalue weighted by Gasteiger charge is 2.05. The van der Waals surface area contributed by atoms with Gasteiger partial charge in [-0.05, 0) is 25.1 Å². The molecule has 1 amide bonds. The van der Waals surface area contributed by atoms with E-state index >= 15 is 0 Å². The molecule has 100 valence electrons. The molecule has 0 saturated heterocycles. The quantitative estimate of drug-likeness (QED) is 0.845. The molecule has 0 radical (unpaired) electrons. The van der Waals surface area contributed by atoms with Crippen LogP contribution in [0.2, 0.25) is 0 Å². The Morgan fingerprint density at radius 1 is 1.42 bits per heavy atom. The number of hydrogen-bond acceptors (Lipinski definition) is 4. The zero-order valence-electron chi connectivity index (χ0n) is 11.1. The number of carbonyl (C=O) groups is 1. The van der Waals surface area contributed by atoms with E-state index in [9.17, 15) is 4.79 Å². The lowest BCUT2D eigenvalue weighted by Crippen LogP contribution is -2.22. The molecule has 2 aromatic rings. The summed E-state index contributed by atoms with van der Waals surface area (Å²) in [5.74, 6) is -0.0642. The van der Waals surface area contributed by atoms with Crippen LogP contribution < -0.4 is 10.6 Å². The van der Waals surface area contributed by atoms with Gasteiger partial charge in [-0.15, -0.1) is 5.10 Å². The average molecular weight is 259 g/mol. The van der Waals surface area contributed by atoms with Crippen molar-refractivity contribution in [2.45, 2.75) is 13.5 Å². The van der Waals surface area contributed by atoms with Crippen LogP contribution >= 0.6 is 0 Å². The lowest BCUT2D eigenvalue weighted by molar-refractivity contribution is 0.0956. The van der Waals surface area contributed by atoms with E-state index in [1.54, 1.807) is 10.7 Å². The van der Waals surface area contributed by atoms with Gasteiger partial charge in [-0.1, -0.05) is 11.3 Å². The van der Waals surface area contributed by atoms with Crippen molar-refractivity contribution in [3.05, 3.63) is 41.7 Å². The highest BCUT2D eigenvalue weighted by molar-refractivity contribution is 5.95. The Labute approximate surface area is 111 Å². The van der Waals surface area contributed by atoms with Crippen molar-refractivity contribution >= 4 is 11.6 Å². The molecule has 0 aliphatic rings. The van der Waals surface area contributed by atoms with Gasteiger partial charge in [0.05, 0.1) is 6.54 Å². The van der Waals surface area contributed by atoms with E-state index in [0.717, 1.165) is 11.4 Å². The number of aryl methyl sites for hydroxylation is 1. The molecule has 1 aromatic heterocycles. The lowest BCUT2D eigenvalue weighted by Gasteiger charge is -2.07. The molecular weight excluding hydrogens is 242 g/mol. The van der Waals surface area contributed by atoms with Crippen molar-refractivity contribution in [2.75, 3.05) is 11.9 Å². The van der Waals surface area contributed by atoms with Crippen LogP contribution in [0.3, 0.4) is 0 Å². The Balaban J connectivity index is 2.00. The maximum atomic E-state index is 11.7. The molecule has 6 heteroatoms. The zero-order chi connectivity index (χ0) is 13.7. The second kappa shape index (κ2) is 5.99. The van der Waals surface area contributed by atoms with E-state index in [2.05, 4.69) is 20.9 Å². The molecule has 0 aliphatic carbocycles. The van der Waals surface area contributed by atoms with Gasteiger partial charge in [-0.2, -0.15) is 0 Å². The van der Waals surface area contributed by atoms with Crippen molar-refractivity contribution in [3.8, 4) is 0 Å². The Kier molecular flexibility index (Phi) is 4.12. The first-order valence-electron chi connectivity index (χ1n) is 6.16. The van der Waals surface area contributed by atoms with E-state index in [1.807, 2.05) is 38.4 Å². The molecular formula is C13H17N5O. The first kappa shape index (κ1) is 13.1. The third-order valence-electron chi connectivity index (χ3n) is 2.59. The summed E-state index contributed by atoms with van der Waals surface area (Å²) < 4.78 is 1.65. The number of anilines is 1. The monoisotopic (exact) mass is 259 g/mol. The first-order chi connectivity index (χ1) is 9.19. The molecule has 19 heavy (non-hydrogen) atoms. The Morgan fingerprint density at radius 3 is 2.95 bits per heavy atom. The first-order valence-corrected chi connectivity index (χ1v) is 6.16. The predicted molar refractivity (Wildman–Crippen MR) is 72.8 cm³/mol. The third kappa shape index (κ3) is 3.54. The summed E-state index contributed by atoms with van der Waals surface area (Å²) in [5, 5.41) is 13.8. The minimum atomic E-state index is -0.0642. The van der Waals surface area contributed by atoms with E-state index in [4.69, 9.17) is 0 Å². The largest absolute Gasteiger partial charge is 0.379 e. The number of aromatic nitrogens is 3. The highest BCUT2D eigenvalue weighted by atomic mass is 16.1. The van der Waals surface area contributed by atoms with Crippen LogP contribution in [0.15, 0.2) is 30.5 Å². The van der Waals surface area contributed by atoms with Crippen molar-refractivity contribution in [3.63, 3.8) is 0 Å². The summed E-state index contributed by atoms with van der Waals surface area (Å²) in [6, 6.07) is 7.38. The van der Waals surface area contributed by atoms with Gasteiger partial charge in [0.1, 0.15) is 5.69 Å². The maximum absolute atomic E-state index is 11.7. The molecule has 1 heterocycles. The zero-order valence-corrected chi connectivity index (χ0v) is 11.1. The van der Waals surface area contributed by atoms with Gasteiger partial charge in [0.15, 0.2) is 0 Å². The number of nitrogens with one attached hydrogen (secondary N) is 2. The SMILES string of the molecule is CCNC(=O)c1cccc(NCc2cn(C)nn2)c1. The number of amides is 1. The molecule has 6 nitrogen and oxygen atoms in total. The third-order valence-corrected chi connectivity index (χ3v) is 2.59. The molecule has 2 rings (SSSR count). The fourth-order valence-electron chi connectivity index (χ4n) is 1.70. The Morgan fingerprint density at radius 2 is 2.26 bits per heavy atom. The van der Waals surface area contributed by atoms with Crippen molar-refractivity contribution in [1.82, 2.24) is 20.3 Å².